The van der Waals surface area contributed by atoms with Crippen LogP contribution in [0.3, 0.4) is 0 Å². The van der Waals surface area contributed by atoms with Crippen LogP contribution in [0.15, 0.2) is 58.3 Å². The minimum absolute atomic E-state index is 0.0653. The number of nitrogens with one attached hydrogen (secondary N) is 2. The topological polar surface area (TPSA) is 129 Å². The fourth-order valence-corrected chi connectivity index (χ4v) is 4.14. The minimum Gasteiger partial charge on any atom is -0.339 e. The van der Waals surface area contributed by atoms with Gasteiger partial charge in [-0.1, -0.05) is 12.1 Å². The molecule has 0 bridgehead atoms. The van der Waals surface area contributed by atoms with E-state index in [0.29, 0.717) is 23.3 Å². The smallest absolute Gasteiger partial charge is 0.339 e. The molecule has 3 aromatic rings. The van der Waals surface area contributed by atoms with E-state index in [2.05, 4.69) is 10.6 Å². The standard InChI is InChI=1S/C25H21F3N6O4/c1-15-16(3-2-4-20(15)25(26,27)28)13-34-22(36)19(21(35)30-10-9-29)14-33(24(34)38)18-7-5-17(6-8-18)32-12-11-31-23(32)37/h2-8,14H,10-13H2,1H3,(H,30,35)(H,31,37). The van der Waals surface area contributed by atoms with E-state index in [1.165, 1.54) is 36.1 Å². The van der Waals surface area contributed by atoms with Crippen LogP contribution in [-0.2, 0) is 12.7 Å². The average molecular weight is 526 g/mol. The van der Waals surface area contributed by atoms with Gasteiger partial charge in [-0.15, -0.1) is 0 Å². The van der Waals surface area contributed by atoms with E-state index < -0.39 is 47.5 Å². The zero-order valence-electron chi connectivity index (χ0n) is 20.0. The van der Waals surface area contributed by atoms with Crippen molar-refractivity contribution in [3.05, 3.63) is 91.8 Å². The van der Waals surface area contributed by atoms with Gasteiger partial charge >= 0.3 is 17.9 Å². The SMILES string of the molecule is Cc1c(Cn2c(=O)c(C(=O)NCC#N)cn(-c3ccc(N4CCNC4=O)cc3)c2=O)cccc1C(F)(F)F. The summed E-state index contributed by atoms with van der Waals surface area (Å²) in [7, 11) is 0. The molecule has 0 atom stereocenters. The van der Waals surface area contributed by atoms with Gasteiger partial charge in [0.2, 0.25) is 0 Å². The molecule has 1 aliphatic heterocycles. The molecule has 1 fully saturated rings. The lowest BCUT2D eigenvalue weighted by Crippen LogP contribution is -2.44. The van der Waals surface area contributed by atoms with Crippen molar-refractivity contribution in [2.24, 2.45) is 0 Å². The Balaban J connectivity index is 1.84. The third-order valence-corrected chi connectivity index (χ3v) is 6.12. The van der Waals surface area contributed by atoms with Gasteiger partial charge in [-0.05, 0) is 48.4 Å². The number of hydrogen-bond donors (Lipinski definition) is 2. The van der Waals surface area contributed by atoms with E-state index in [1.807, 2.05) is 0 Å². The van der Waals surface area contributed by atoms with Gasteiger partial charge in [0, 0.05) is 25.0 Å². The van der Waals surface area contributed by atoms with Crippen molar-refractivity contribution in [3.63, 3.8) is 0 Å². The largest absolute Gasteiger partial charge is 0.416 e. The van der Waals surface area contributed by atoms with Crippen LogP contribution in [0.25, 0.3) is 5.69 Å². The number of amides is 3. The number of halogens is 3. The zero-order valence-corrected chi connectivity index (χ0v) is 20.0. The highest BCUT2D eigenvalue weighted by Gasteiger charge is 2.33. The van der Waals surface area contributed by atoms with Gasteiger partial charge in [0.05, 0.1) is 23.9 Å². The van der Waals surface area contributed by atoms with Crippen molar-refractivity contribution in [1.29, 1.82) is 5.26 Å². The van der Waals surface area contributed by atoms with E-state index in [0.717, 1.165) is 16.8 Å². The summed E-state index contributed by atoms with van der Waals surface area (Å²) in [5.41, 5.74) is -2.61. The van der Waals surface area contributed by atoms with Crippen molar-refractivity contribution in [2.75, 3.05) is 24.5 Å². The molecule has 38 heavy (non-hydrogen) atoms. The van der Waals surface area contributed by atoms with Gasteiger partial charge in [0.15, 0.2) is 0 Å². The number of urea groups is 1. The Hall–Kier alpha value is -4.86. The Morgan fingerprint density at radius 3 is 2.39 bits per heavy atom. The highest BCUT2D eigenvalue weighted by atomic mass is 19.4. The Morgan fingerprint density at radius 2 is 1.79 bits per heavy atom. The third-order valence-electron chi connectivity index (χ3n) is 6.12. The van der Waals surface area contributed by atoms with Crippen molar-refractivity contribution in [1.82, 2.24) is 19.8 Å². The highest BCUT2D eigenvalue weighted by Crippen LogP contribution is 2.33. The van der Waals surface area contributed by atoms with E-state index in [1.54, 1.807) is 18.2 Å². The monoisotopic (exact) mass is 526 g/mol. The summed E-state index contributed by atoms with van der Waals surface area (Å²) in [6.45, 7) is 1.22. The van der Waals surface area contributed by atoms with Crippen LogP contribution in [0, 0.1) is 18.3 Å². The molecule has 1 aromatic heterocycles. The van der Waals surface area contributed by atoms with Gasteiger partial charge in [-0.25, -0.2) is 9.59 Å². The molecule has 0 radical (unpaired) electrons. The van der Waals surface area contributed by atoms with Crippen LogP contribution < -0.4 is 26.8 Å². The molecular formula is C25H21F3N6O4. The van der Waals surface area contributed by atoms with Gasteiger partial charge in [-0.2, -0.15) is 18.4 Å². The van der Waals surface area contributed by atoms with E-state index in [9.17, 15) is 32.3 Å². The lowest BCUT2D eigenvalue weighted by molar-refractivity contribution is -0.138. The number of benzene rings is 2. The molecule has 1 saturated heterocycles. The Bertz CT molecular complexity index is 1570. The Morgan fingerprint density at radius 1 is 1.11 bits per heavy atom. The maximum atomic E-state index is 13.4. The number of alkyl halides is 3. The summed E-state index contributed by atoms with van der Waals surface area (Å²) in [5.74, 6) is -0.926. The molecule has 0 unspecified atom stereocenters. The van der Waals surface area contributed by atoms with Gasteiger partial charge in [-0.3, -0.25) is 23.6 Å². The average Bonchev–Trinajstić information content (AvgIpc) is 3.31. The second-order valence-electron chi connectivity index (χ2n) is 8.41. The first kappa shape index (κ1) is 26.2. The maximum Gasteiger partial charge on any atom is 0.416 e. The number of aromatic nitrogens is 2. The number of carbonyl (C=O) groups excluding carboxylic acids is 2. The molecule has 4 rings (SSSR count). The van der Waals surface area contributed by atoms with Crippen molar-refractivity contribution in [3.8, 4) is 11.8 Å². The fourth-order valence-electron chi connectivity index (χ4n) is 4.14. The fraction of sp³-hybridized carbons (Fsp3) is 0.240. The molecule has 13 heteroatoms. The van der Waals surface area contributed by atoms with Crippen LogP contribution >= 0.6 is 0 Å². The molecule has 3 amide bonds. The molecule has 2 N–H and O–H groups in total. The molecule has 196 valence electrons. The van der Waals surface area contributed by atoms with Crippen LogP contribution in [0.4, 0.5) is 23.7 Å². The van der Waals surface area contributed by atoms with Crippen molar-refractivity contribution in [2.45, 2.75) is 19.6 Å². The summed E-state index contributed by atoms with van der Waals surface area (Å²) in [5, 5.41) is 13.7. The number of carbonyl (C=O) groups is 2. The maximum absolute atomic E-state index is 13.4. The van der Waals surface area contributed by atoms with E-state index in [4.69, 9.17) is 5.26 Å². The molecule has 1 aliphatic rings. The van der Waals surface area contributed by atoms with Gasteiger partial charge in [0.1, 0.15) is 12.1 Å². The number of anilines is 1. The predicted octanol–water partition coefficient (Wildman–Crippen LogP) is 2.16. The third kappa shape index (κ3) is 5.01. The molecule has 2 aromatic carbocycles. The summed E-state index contributed by atoms with van der Waals surface area (Å²) in [4.78, 5) is 52.7. The lowest BCUT2D eigenvalue weighted by atomic mass is 10.0. The van der Waals surface area contributed by atoms with Crippen LogP contribution in [0.2, 0.25) is 0 Å². The number of nitriles is 1. The van der Waals surface area contributed by atoms with Gasteiger partial charge < -0.3 is 10.6 Å². The second kappa shape index (κ2) is 10.3. The Kier molecular flexibility index (Phi) is 7.07. The number of hydrogen-bond acceptors (Lipinski definition) is 5. The minimum atomic E-state index is -4.64. The van der Waals surface area contributed by atoms with Crippen molar-refractivity contribution < 1.29 is 22.8 Å². The van der Waals surface area contributed by atoms with Crippen LogP contribution in [0.5, 0.6) is 0 Å². The normalized spacial score (nSPS) is 13.2. The number of rotatable bonds is 6. The molecule has 10 nitrogen and oxygen atoms in total. The van der Waals surface area contributed by atoms with E-state index in [-0.39, 0.29) is 22.8 Å². The first-order chi connectivity index (χ1) is 18.0. The summed E-state index contributed by atoms with van der Waals surface area (Å²) in [6.07, 6.45) is -3.62. The molecule has 2 heterocycles. The summed E-state index contributed by atoms with van der Waals surface area (Å²) >= 11 is 0. The first-order valence-corrected chi connectivity index (χ1v) is 11.4. The second-order valence-corrected chi connectivity index (χ2v) is 8.41. The Labute approximate surface area is 213 Å². The van der Waals surface area contributed by atoms with Crippen LogP contribution in [-0.4, -0.2) is 40.7 Å². The molecule has 0 saturated carbocycles. The predicted molar refractivity (Wildman–Crippen MR) is 130 cm³/mol. The summed E-state index contributed by atoms with van der Waals surface area (Å²) in [6, 6.07) is 11.0. The molecule has 0 spiro atoms. The number of nitrogens with zero attached hydrogens (tertiary/aromatic N) is 4. The first-order valence-electron chi connectivity index (χ1n) is 11.4. The van der Waals surface area contributed by atoms with Crippen LogP contribution in [0.1, 0.15) is 27.0 Å². The lowest BCUT2D eigenvalue weighted by Gasteiger charge is -2.17. The molecule has 0 aliphatic carbocycles. The zero-order chi connectivity index (χ0) is 27.6. The quantitative estimate of drug-likeness (QED) is 0.476. The van der Waals surface area contributed by atoms with Crippen molar-refractivity contribution >= 4 is 17.6 Å². The van der Waals surface area contributed by atoms with E-state index >= 15 is 0 Å². The summed E-state index contributed by atoms with van der Waals surface area (Å²) < 4.78 is 42.0. The van der Waals surface area contributed by atoms with Gasteiger partial charge in [0.25, 0.3) is 11.5 Å². The highest BCUT2D eigenvalue weighted by molar-refractivity contribution is 5.94. The molecular weight excluding hydrogens is 505 g/mol.